The molecule has 0 radical (unpaired) electrons. The van der Waals surface area contributed by atoms with E-state index in [2.05, 4.69) is 13.0 Å². The van der Waals surface area contributed by atoms with E-state index in [0.29, 0.717) is 12.3 Å². The standard InChI is InChI=1S/C17H18ClN3/c1-2-15-17-12(9-10-19)5-3-8-16(17)21(20-15)14-7-4-6-13(18)11-14/h4,6-7,11-12H,2-3,5,8-9H2,1H3. The quantitative estimate of drug-likeness (QED) is 0.841. The Balaban J connectivity index is 2.14. The fourth-order valence-electron chi connectivity index (χ4n) is 3.28. The number of hydrogen-bond acceptors (Lipinski definition) is 2. The molecule has 21 heavy (non-hydrogen) atoms. The number of nitrogens with zero attached hydrogens (tertiary/aromatic N) is 3. The van der Waals surface area contributed by atoms with Crippen LogP contribution in [0.15, 0.2) is 24.3 Å². The summed E-state index contributed by atoms with van der Waals surface area (Å²) in [5.74, 6) is 0.335. The van der Waals surface area contributed by atoms with Crippen molar-refractivity contribution in [1.82, 2.24) is 9.78 Å². The first-order chi connectivity index (χ1) is 10.2. The molecule has 1 aliphatic carbocycles. The molecule has 0 bridgehead atoms. The average Bonchev–Trinajstić information content (AvgIpc) is 2.87. The SMILES string of the molecule is CCc1nn(-c2cccc(Cl)c2)c2c1C(CC#N)CCC2. The number of halogens is 1. The first kappa shape index (κ1) is 14.2. The van der Waals surface area contributed by atoms with Gasteiger partial charge >= 0.3 is 0 Å². The Morgan fingerprint density at radius 2 is 2.33 bits per heavy atom. The van der Waals surface area contributed by atoms with Gasteiger partial charge in [0.05, 0.1) is 17.5 Å². The molecule has 3 nitrogen and oxygen atoms in total. The van der Waals surface area contributed by atoms with E-state index < -0.39 is 0 Å². The highest BCUT2D eigenvalue weighted by Gasteiger charge is 2.28. The second kappa shape index (κ2) is 5.91. The summed E-state index contributed by atoms with van der Waals surface area (Å²) >= 11 is 6.11. The molecule has 108 valence electrons. The van der Waals surface area contributed by atoms with Gasteiger partial charge in [-0.3, -0.25) is 0 Å². The number of benzene rings is 1. The van der Waals surface area contributed by atoms with Gasteiger partial charge < -0.3 is 0 Å². The number of nitriles is 1. The first-order valence-electron chi connectivity index (χ1n) is 7.48. The smallest absolute Gasteiger partial charge is 0.0664 e. The Morgan fingerprint density at radius 1 is 1.48 bits per heavy atom. The van der Waals surface area contributed by atoms with Gasteiger partial charge in [-0.25, -0.2) is 4.68 Å². The van der Waals surface area contributed by atoms with Crippen molar-refractivity contribution in [3.05, 3.63) is 46.2 Å². The van der Waals surface area contributed by atoms with Crippen molar-refractivity contribution in [2.75, 3.05) is 0 Å². The van der Waals surface area contributed by atoms with Crippen LogP contribution in [0.4, 0.5) is 0 Å². The van der Waals surface area contributed by atoms with Gasteiger partial charge in [0.25, 0.3) is 0 Å². The van der Waals surface area contributed by atoms with Crippen molar-refractivity contribution in [3.8, 4) is 11.8 Å². The lowest BCUT2D eigenvalue weighted by atomic mass is 9.83. The fraction of sp³-hybridized carbons (Fsp3) is 0.412. The minimum Gasteiger partial charge on any atom is -0.237 e. The van der Waals surface area contributed by atoms with Crippen LogP contribution in [0.2, 0.25) is 5.02 Å². The molecule has 0 saturated carbocycles. The zero-order valence-corrected chi connectivity index (χ0v) is 12.9. The van der Waals surface area contributed by atoms with Gasteiger partial charge in [-0.15, -0.1) is 0 Å². The summed E-state index contributed by atoms with van der Waals surface area (Å²) in [7, 11) is 0. The highest BCUT2D eigenvalue weighted by Crippen LogP contribution is 2.37. The van der Waals surface area contributed by atoms with Crippen LogP contribution in [0.1, 0.15) is 49.1 Å². The molecular formula is C17H18ClN3. The molecule has 2 aromatic rings. The normalized spacial score (nSPS) is 17.3. The third kappa shape index (κ3) is 2.56. The molecule has 0 aliphatic heterocycles. The Morgan fingerprint density at radius 3 is 3.05 bits per heavy atom. The lowest BCUT2D eigenvalue weighted by Crippen LogP contribution is -2.12. The van der Waals surface area contributed by atoms with E-state index in [0.717, 1.165) is 42.1 Å². The molecular weight excluding hydrogens is 282 g/mol. The number of rotatable bonds is 3. The van der Waals surface area contributed by atoms with Crippen LogP contribution in [-0.4, -0.2) is 9.78 Å². The van der Waals surface area contributed by atoms with E-state index in [1.54, 1.807) is 0 Å². The number of aryl methyl sites for hydroxylation is 1. The molecule has 3 rings (SSSR count). The molecule has 1 heterocycles. The van der Waals surface area contributed by atoms with Crippen LogP contribution < -0.4 is 0 Å². The molecule has 0 N–H and O–H groups in total. The van der Waals surface area contributed by atoms with Gasteiger partial charge in [0.1, 0.15) is 0 Å². The summed E-state index contributed by atoms with van der Waals surface area (Å²) in [5, 5.41) is 14.6. The van der Waals surface area contributed by atoms with Gasteiger partial charge in [-0.05, 0) is 43.9 Å². The monoisotopic (exact) mass is 299 g/mol. The van der Waals surface area contributed by atoms with Crippen molar-refractivity contribution in [1.29, 1.82) is 5.26 Å². The van der Waals surface area contributed by atoms with Crippen molar-refractivity contribution in [3.63, 3.8) is 0 Å². The highest BCUT2D eigenvalue weighted by atomic mass is 35.5. The Labute approximate surface area is 130 Å². The number of hydrogen-bond donors (Lipinski definition) is 0. The van der Waals surface area contributed by atoms with Crippen molar-refractivity contribution >= 4 is 11.6 Å². The van der Waals surface area contributed by atoms with Crippen LogP contribution in [0, 0.1) is 11.3 Å². The molecule has 1 aromatic heterocycles. The zero-order chi connectivity index (χ0) is 14.8. The third-order valence-corrected chi connectivity index (χ3v) is 4.43. The summed E-state index contributed by atoms with van der Waals surface area (Å²) in [6.07, 6.45) is 4.72. The van der Waals surface area contributed by atoms with Crippen LogP contribution in [0.25, 0.3) is 5.69 Å². The summed E-state index contributed by atoms with van der Waals surface area (Å²) in [5.41, 5.74) is 4.71. The average molecular weight is 300 g/mol. The Kier molecular flexibility index (Phi) is 3.98. The van der Waals surface area contributed by atoms with Crippen LogP contribution in [-0.2, 0) is 12.8 Å². The maximum atomic E-state index is 9.07. The van der Waals surface area contributed by atoms with Crippen LogP contribution in [0.3, 0.4) is 0 Å². The van der Waals surface area contributed by atoms with E-state index in [1.807, 2.05) is 28.9 Å². The summed E-state index contributed by atoms with van der Waals surface area (Å²) in [6, 6.07) is 10.1. The van der Waals surface area contributed by atoms with Gasteiger partial charge in [-0.2, -0.15) is 10.4 Å². The fourth-order valence-corrected chi connectivity index (χ4v) is 3.47. The Bertz CT molecular complexity index is 697. The van der Waals surface area contributed by atoms with E-state index in [1.165, 1.54) is 11.3 Å². The van der Waals surface area contributed by atoms with Crippen molar-refractivity contribution in [2.24, 2.45) is 0 Å². The maximum absolute atomic E-state index is 9.07. The van der Waals surface area contributed by atoms with Gasteiger partial charge in [0.2, 0.25) is 0 Å². The van der Waals surface area contributed by atoms with Crippen LogP contribution >= 0.6 is 11.6 Å². The van der Waals surface area contributed by atoms with E-state index in [4.69, 9.17) is 22.0 Å². The number of aromatic nitrogens is 2. The molecule has 0 fully saturated rings. The molecule has 0 amide bonds. The molecule has 0 saturated heterocycles. The first-order valence-corrected chi connectivity index (χ1v) is 7.86. The van der Waals surface area contributed by atoms with Gasteiger partial charge in [-0.1, -0.05) is 24.6 Å². The molecule has 0 spiro atoms. The summed E-state index contributed by atoms with van der Waals surface area (Å²) < 4.78 is 2.03. The van der Waals surface area contributed by atoms with Crippen LogP contribution in [0.5, 0.6) is 0 Å². The lowest BCUT2D eigenvalue weighted by molar-refractivity contribution is 0.548. The maximum Gasteiger partial charge on any atom is 0.0664 e. The second-order valence-corrected chi connectivity index (χ2v) is 5.94. The topological polar surface area (TPSA) is 41.6 Å². The molecule has 1 atom stereocenters. The van der Waals surface area contributed by atoms with Crippen molar-refractivity contribution < 1.29 is 0 Å². The molecule has 4 heteroatoms. The largest absolute Gasteiger partial charge is 0.237 e. The zero-order valence-electron chi connectivity index (χ0n) is 12.1. The molecule has 1 aromatic carbocycles. The van der Waals surface area contributed by atoms with E-state index >= 15 is 0 Å². The Hall–Kier alpha value is -1.79. The lowest BCUT2D eigenvalue weighted by Gasteiger charge is -2.22. The minimum absolute atomic E-state index is 0.335. The predicted octanol–water partition coefficient (Wildman–Crippen LogP) is 4.42. The van der Waals surface area contributed by atoms with Gasteiger partial charge in [0.15, 0.2) is 0 Å². The molecule has 1 aliphatic rings. The molecule has 1 unspecified atom stereocenters. The third-order valence-electron chi connectivity index (χ3n) is 4.20. The van der Waals surface area contributed by atoms with E-state index in [-0.39, 0.29) is 0 Å². The van der Waals surface area contributed by atoms with Crippen molar-refractivity contribution in [2.45, 2.75) is 44.9 Å². The summed E-state index contributed by atoms with van der Waals surface area (Å²) in [6.45, 7) is 2.13. The highest BCUT2D eigenvalue weighted by molar-refractivity contribution is 6.30. The number of fused-ring (bicyclic) bond motifs is 1. The second-order valence-electron chi connectivity index (χ2n) is 5.50. The predicted molar refractivity (Wildman–Crippen MR) is 83.9 cm³/mol. The summed E-state index contributed by atoms with van der Waals surface area (Å²) in [4.78, 5) is 0. The van der Waals surface area contributed by atoms with Gasteiger partial charge in [0, 0.05) is 28.6 Å². The van der Waals surface area contributed by atoms with E-state index in [9.17, 15) is 0 Å². The minimum atomic E-state index is 0.335.